The van der Waals surface area contributed by atoms with Crippen LogP contribution in [0.25, 0.3) is 0 Å². The number of nitrogens with zero attached hydrogens (tertiary/aromatic N) is 2. The standard InChI is InChI=1S/C22H34N2O6/c1-5-7-11-23(10-6-2)20(27)18-22-9-8-15(30-22)16(21(28)29)17(22)19(26)24(18)14(12-25)13(3)4/h6,13-18,25H,2,5,7-12H2,1,3-4H3,(H,28,29)/t14-,15-,16+,17+,18-,22+/m0/s1. The number of unbranched alkanes of at least 4 members (excludes halogenated alkanes) is 1. The first-order valence-corrected chi connectivity index (χ1v) is 11.0. The Morgan fingerprint density at radius 2 is 2.13 bits per heavy atom. The molecular formula is C22H34N2O6. The van der Waals surface area contributed by atoms with Crippen molar-refractivity contribution in [1.82, 2.24) is 9.80 Å². The van der Waals surface area contributed by atoms with Gasteiger partial charge in [-0.15, -0.1) is 6.58 Å². The second-order valence-electron chi connectivity index (χ2n) is 9.06. The summed E-state index contributed by atoms with van der Waals surface area (Å²) in [4.78, 5) is 42.5. The van der Waals surface area contributed by atoms with Gasteiger partial charge in [-0.2, -0.15) is 0 Å². The van der Waals surface area contributed by atoms with Gasteiger partial charge in [-0.05, 0) is 25.2 Å². The molecule has 3 aliphatic rings. The third kappa shape index (κ3) is 3.34. The third-order valence-electron chi connectivity index (χ3n) is 7.01. The summed E-state index contributed by atoms with van der Waals surface area (Å²) in [6.45, 7) is 10.1. The molecule has 0 aromatic rings. The Kier molecular flexibility index (Phi) is 6.57. The highest BCUT2D eigenvalue weighted by Crippen LogP contribution is 2.59. The molecule has 2 bridgehead atoms. The van der Waals surface area contributed by atoms with Crippen LogP contribution in [-0.2, 0) is 19.1 Å². The lowest BCUT2D eigenvalue weighted by atomic mass is 9.70. The van der Waals surface area contributed by atoms with E-state index in [1.807, 2.05) is 20.8 Å². The molecular weight excluding hydrogens is 388 g/mol. The SMILES string of the molecule is C=CCN(CCCC)C(=O)[C@@H]1N([C@@H](CO)C(C)C)C(=O)[C@H]2[C@H](C(=O)O)[C@@H]3CC[C@]12O3. The van der Waals surface area contributed by atoms with Crippen LogP contribution in [0.15, 0.2) is 12.7 Å². The summed E-state index contributed by atoms with van der Waals surface area (Å²) in [5.41, 5.74) is -1.14. The Labute approximate surface area is 177 Å². The van der Waals surface area contributed by atoms with Crippen molar-refractivity contribution in [3.05, 3.63) is 12.7 Å². The van der Waals surface area contributed by atoms with Gasteiger partial charge in [0.05, 0.1) is 30.6 Å². The Morgan fingerprint density at radius 3 is 2.67 bits per heavy atom. The van der Waals surface area contributed by atoms with Gasteiger partial charge in [0.25, 0.3) is 0 Å². The quantitative estimate of drug-likeness (QED) is 0.514. The molecule has 0 unspecified atom stereocenters. The number of aliphatic hydroxyl groups is 1. The van der Waals surface area contributed by atoms with Crippen LogP contribution in [0.2, 0.25) is 0 Å². The molecule has 0 saturated carbocycles. The Bertz CT molecular complexity index is 710. The summed E-state index contributed by atoms with van der Waals surface area (Å²) in [6.07, 6.45) is 3.81. The minimum absolute atomic E-state index is 0.103. The fraction of sp³-hybridized carbons (Fsp3) is 0.773. The van der Waals surface area contributed by atoms with E-state index in [1.165, 1.54) is 4.90 Å². The predicted octanol–water partition coefficient (Wildman–Crippen LogP) is 1.28. The zero-order chi connectivity index (χ0) is 22.2. The number of likely N-dealkylation sites (tertiary alicyclic amines) is 1. The number of carboxylic acids is 1. The van der Waals surface area contributed by atoms with Crippen LogP contribution < -0.4 is 0 Å². The fourth-order valence-electron chi connectivity index (χ4n) is 5.60. The highest BCUT2D eigenvalue weighted by molar-refractivity contribution is 5.98. The summed E-state index contributed by atoms with van der Waals surface area (Å²) in [5, 5.41) is 19.9. The Morgan fingerprint density at radius 1 is 1.43 bits per heavy atom. The number of ether oxygens (including phenoxy) is 1. The number of aliphatic carboxylic acids is 1. The molecule has 3 rings (SSSR count). The molecule has 6 atom stereocenters. The number of rotatable bonds is 10. The van der Waals surface area contributed by atoms with Gasteiger partial charge >= 0.3 is 5.97 Å². The third-order valence-corrected chi connectivity index (χ3v) is 7.01. The van der Waals surface area contributed by atoms with Crippen LogP contribution in [0.1, 0.15) is 46.5 Å². The number of carbonyl (C=O) groups excluding carboxylic acids is 2. The normalized spacial score (nSPS) is 33.1. The van der Waals surface area contributed by atoms with Crippen LogP contribution in [0, 0.1) is 17.8 Å². The van der Waals surface area contributed by atoms with Crippen molar-refractivity contribution in [3.8, 4) is 0 Å². The predicted molar refractivity (Wildman–Crippen MR) is 109 cm³/mol. The first kappa shape index (κ1) is 22.7. The molecule has 1 spiro atoms. The number of aliphatic hydroxyl groups excluding tert-OH is 1. The van der Waals surface area contributed by atoms with Crippen molar-refractivity contribution in [1.29, 1.82) is 0 Å². The summed E-state index contributed by atoms with van der Waals surface area (Å²) in [7, 11) is 0. The zero-order valence-corrected chi connectivity index (χ0v) is 18.1. The molecule has 0 aromatic heterocycles. The second kappa shape index (κ2) is 8.67. The molecule has 168 valence electrons. The molecule has 30 heavy (non-hydrogen) atoms. The van der Waals surface area contributed by atoms with Crippen LogP contribution in [0.5, 0.6) is 0 Å². The largest absolute Gasteiger partial charge is 0.481 e. The molecule has 0 radical (unpaired) electrons. The maximum absolute atomic E-state index is 13.8. The van der Waals surface area contributed by atoms with E-state index in [4.69, 9.17) is 4.74 Å². The lowest BCUT2D eigenvalue weighted by molar-refractivity contribution is -0.154. The fourth-order valence-corrected chi connectivity index (χ4v) is 5.60. The molecule has 2 amide bonds. The smallest absolute Gasteiger partial charge is 0.310 e. The molecule has 2 N–H and O–H groups in total. The molecule has 3 fully saturated rings. The maximum Gasteiger partial charge on any atom is 0.310 e. The van der Waals surface area contributed by atoms with E-state index in [0.717, 1.165) is 12.8 Å². The van der Waals surface area contributed by atoms with Crippen molar-refractivity contribution in [2.24, 2.45) is 17.8 Å². The van der Waals surface area contributed by atoms with Gasteiger partial charge in [0.2, 0.25) is 11.8 Å². The van der Waals surface area contributed by atoms with Gasteiger partial charge in [0, 0.05) is 13.1 Å². The number of fused-ring (bicyclic) bond motifs is 1. The molecule has 3 saturated heterocycles. The van der Waals surface area contributed by atoms with Gasteiger partial charge in [0.15, 0.2) is 0 Å². The summed E-state index contributed by atoms with van der Waals surface area (Å²) in [5.74, 6) is -3.65. The molecule has 0 aliphatic carbocycles. The Balaban J connectivity index is 2.08. The molecule has 8 nitrogen and oxygen atoms in total. The van der Waals surface area contributed by atoms with E-state index in [1.54, 1.807) is 11.0 Å². The number of carbonyl (C=O) groups is 3. The van der Waals surface area contributed by atoms with Gasteiger partial charge in [-0.25, -0.2) is 0 Å². The monoisotopic (exact) mass is 422 g/mol. The van der Waals surface area contributed by atoms with Crippen LogP contribution in [-0.4, -0.2) is 81.3 Å². The van der Waals surface area contributed by atoms with E-state index in [2.05, 4.69) is 6.58 Å². The summed E-state index contributed by atoms with van der Waals surface area (Å²) in [6, 6.07) is -1.51. The molecule has 8 heteroatoms. The van der Waals surface area contributed by atoms with E-state index in [0.29, 0.717) is 25.9 Å². The van der Waals surface area contributed by atoms with E-state index >= 15 is 0 Å². The van der Waals surface area contributed by atoms with E-state index < -0.39 is 41.6 Å². The minimum atomic E-state index is -1.14. The maximum atomic E-state index is 13.8. The van der Waals surface area contributed by atoms with Crippen molar-refractivity contribution in [3.63, 3.8) is 0 Å². The lowest BCUT2D eigenvalue weighted by Gasteiger charge is -2.40. The molecule has 3 aliphatic heterocycles. The highest BCUT2D eigenvalue weighted by atomic mass is 16.5. The van der Waals surface area contributed by atoms with Gasteiger partial charge in [-0.1, -0.05) is 33.3 Å². The van der Waals surface area contributed by atoms with Gasteiger partial charge < -0.3 is 24.7 Å². The number of hydrogen-bond donors (Lipinski definition) is 2. The zero-order valence-electron chi connectivity index (χ0n) is 18.1. The van der Waals surface area contributed by atoms with Crippen LogP contribution >= 0.6 is 0 Å². The first-order chi connectivity index (χ1) is 14.2. The average Bonchev–Trinajstić information content (AvgIpc) is 3.33. The van der Waals surface area contributed by atoms with Crippen molar-refractivity contribution < 1.29 is 29.3 Å². The van der Waals surface area contributed by atoms with Gasteiger partial charge in [0.1, 0.15) is 11.6 Å². The summed E-state index contributed by atoms with van der Waals surface area (Å²) < 4.78 is 6.20. The van der Waals surface area contributed by atoms with Gasteiger partial charge in [-0.3, -0.25) is 14.4 Å². The van der Waals surface area contributed by atoms with Crippen molar-refractivity contribution in [2.75, 3.05) is 19.7 Å². The van der Waals surface area contributed by atoms with Crippen LogP contribution in [0.4, 0.5) is 0 Å². The highest BCUT2D eigenvalue weighted by Gasteiger charge is 2.75. The minimum Gasteiger partial charge on any atom is -0.481 e. The average molecular weight is 423 g/mol. The topological polar surface area (TPSA) is 107 Å². The first-order valence-electron chi connectivity index (χ1n) is 11.0. The molecule has 0 aromatic carbocycles. The van der Waals surface area contributed by atoms with Crippen molar-refractivity contribution >= 4 is 17.8 Å². The number of amides is 2. The van der Waals surface area contributed by atoms with Crippen molar-refractivity contribution in [2.45, 2.75) is 70.2 Å². The lowest BCUT2D eigenvalue weighted by Crippen LogP contribution is -2.59. The molecule has 3 heterocycles. The Hall–Kier alpha value is -1.93. The van der Waals surface area contributed by atoms with E-state index in [9.17, 15) is 24.6 Å². The summed E-state index contributed by atoms with van der Waals surface area (Å²) >= 11 is 0. The second-order valence-corrected chi connectivity index (χ2v) is 9.06. The number of hydrogen-bond acceptors (Lipinski definition) is 5. The van der Waals surface area contributed by atoms with Crippen LogP contribution in [0.3, 0.4) is 0 Å². The number of carboxylic acid groups (broad SMARTS) is 1. The van der Waals surface area contributed by atoms with E-state index in [-0.39, 0.29) is 24.3 Å².